The highest BCUT2D eigenvalue weighted by atomic mass is 32.1. The highest BCUT2D eigenvalue weighted by Crippen LogP contribution is 2.44. The van der Waals surface area contributed by atoms with Gasteiger partial charge >= 0.3 is 0 Å². The maximum atomic E-state index is 12.0. The fourth-order valence-corrected chi connectivity index (χ4v) is 5.18. The fraction of sp³-hybridized carbons (Fsp3) is 0.368. The van der Waals surface area contributed by atoms with Crippen molar-refractivity contribution in [1.29, 1.82) is 0 Å². The summed E-state index contributed by atoms with van der Waals surface area (Å²) in [5.41, 5.74) is 8.39. The molecule has 1 atom stereocenters. The number of carbonyl (C=O) groups is 2. The van der Waals surface area contributed by atoms with Gasteiger partial charge in [-0.2, -0.15) is 0 Å². The number of hydrogen-bond donors (Lipinski definition) is 1. The molecule has 3 aliphatic rings. The second kappa shape index (κ2) is 6.15. The van der Waals surface area contributed by atoms with Crippen LogP contribution in [0.5, 0.6) is 0 Å². The van der Waals surface area contributed by atoms with Crippen molar-refractivity contribution >= 4 is 23.5 Å². The minimum absolute atomic E-state index is 0.343. The van der Waals surface area contributed by atoms with Crippen LogP contribution >= 0.6 is 11.3 Å². The molecule has 1 unspecified atom stereocenters. The number of aldehydes is 1. The maximum Gasteiger partial charge on any atom is 0.259 e. The van der Waals surface area contributed by atoms with E-state index in [1.54, 1.807) is 6.07 Å². The number of primary amides is 1. The molecule has 0 spiro atoms. The minimum Gasteiger partial charge on any atom is -0.365 e. The van der Waals surface area contributed by atoms with E-state index in [1.165, 1.54) is 37.3 Å². The minimum atomic E-state index is -0.343. The average Bonchev–Trinajstić information content (AvgIpc) is 3.08. The number of hydrogen-bond acceptors (Lipinski definition) is 4. The summed E-state index contributed by atoms with van der Waals surface area (Å²) in [6.45, 7) is 3.37. The number of piperidine rings is 3. The molecule has 0 saturated carbocycles. The molecule has 4 nitrogen and oxygen atoms in total. The van der Waals surface area contributed by atoms with Crippen molar-refractivity contribution in [2.24, 2.45) is 11.7 Å². The number of nitrogens with zero attached hydrogens (tertiary/aromatic N) is 1. The molecule has 1 aromatic carbocycles. The lowest BCUT2D eigenvalue weighted by atomic mass is 9.75. The zero-order valence-electron chi connectivity index (χ0n) is 13.4. The van der Waals surface area contributed by atoms with Crippen molar-refractivity contribution in [3.63, 3.8) is 0 Å². The molecule has 5 rings (SSSR count). The number of benzene rings is 1. The molecule has 124 valence electrons. The Bertz CT molecular complexity index is 790. The Balaban J connectivity index is 1.75. The van der Waals surface area contributed by atoms with Crippen LogP contribution in [-0.4, -0.2) is 36.7 Å². The first-order valence-corrected chi connectivity index (χ1v) is 9.19. The van der Waals surface area contributed by atoms with Crippen LogP contribution in [-0.2, 0) is 0 Å². The van der Waals surface area contributed by atoms with Gasteiger partial charge in [-0.25, -0.2) is 0 Å². The average molecular weight is 340 g/mol. The summed E-state index contributed by atoms with van der Waals surface area (Å²) < 4.78 is 0. The summed E-state index contributed by atoms with van der Waals surface area (Å²) in [4.78, 5) is 27.2. The zero-order chi connectivity index (χ0) is 16.7. The van der Waals surface area contributed by atoms with Gasteiger partial charge in [0.05, 0.1) is 4.88 Å². The lowest BCUT2D eigenvalue weighted by Crippen LogP contribution is -2.46. The van der Waals surface area contributed by atoms with Gasteiger partial charge in [0.1, 0.15) is 6.29 Å². The van der Waals surface area contributed by atoms with Crippen molar-refractivity contribution in [3.05, 3.63) is 46.3 Å². The van der Waals surface area contributed by atoms with Crippen LogP contribution in [0.4, 0.5) is 0 Å². The maximum absolute atomic E-state index is 12.0. The van der Waals surface area contributed by atoms with Gasteiger partial charge in [0, 0.05) is 22.9 Å². The Morgan fingerprint density at radius 1 is 1.25 bits per heavy atom. The predicted octanol–water partition coefficient (Wildman–Crippen LogP) is 3.14. The zero-order valence-corrected chi connectivity index (χ0v) is 14.2. The first-order valence-electron chi connectivity index (χ1n) is 8.37. The van der Waals surface area contributed by atoms with E-state index in [0.717, 1.165) is 28.8 Å². The van der Waals surface area contributed by atoms with Gasteiger partial charge in [0.15, 0.2) is 0 Å². The molecular formula is C19H20N2O2S. The number of nitrogens with two attached hydrogens (primary N) is 1. The lowest BCUT2D eigenvalue weighted by Gasteiger charge is -2.45. The molecule has 3 saturated heterocycles. The van der Waals surface area contributed by atoms with Crippen molar-refractivity contribution in [3.8, 4) is 10.4 Å². The van der Waals surface area contributed by atoms with Gasteiger partial charge in [-0.05, 0) is 55.1 Å². The molecule has 0 radical (unpaired) electrons. The van der Waals surface area contributed by atoms with Crippen LogP contribution in [0.1, 0.15) is 44.4 Å². The standard InChI is InChI=1S/C19H20N2O2S/c20-19(23)18-15(16-10-21-6-4-13(16)5-7-21)9-17(24-18)14-3-1-2-12(8-14)11-22/h1-3,8-9,11,13,16H,4-7,10H2,(H2,20,23). The van der Waals surface area contributed by atoms with Crippen LogP contribution in [0.15, 0.2) is 30.3 Å². The van der Waals surface area contributed by atoms with E-state index in [9.17, 15) is 9.59 Å². The van der Waals surface area contributed by atoms with E-state index in [2.05, 4.69) is 11.0 Å². The number of fused-ring (bicyclic) bond motifs is 3. The first kappa shape index (κ1) is 15.5. The van der Waals surface area contributed by atoms with Crippen LogP contribution < -0.4 is 5.73 Å². The van der Waals surface area contributed by atoms with Crippen molar-refractivity contribution in [2.75, 3.05) is 19.6 Å². The van der Waals surface area contributed by atoms with Gasteiger partial charge in [-0.1, -0.05) is 18.2 Å². The van der Waals surface area contributed by atoms with Crippen molar-refractivity contribution in [1.82, 2.24) is 4.90 Å². The van der Waals surface area contributed by atoms with Crippen LogP contribution in [0.3, 0.4) is 0 Å². The molecule has 3 aliphatic heterocycles. The quantitative estimate of drug-likeness (QED) is 0.870. The van der Waals surface area contributed by atoms with Gasteiger partial charge in [-0.3, -0.25) is 9.59 Å². The number of thiophene rings is 1. The van der Waals surface area contributed by atoms with E-state index in [1.807, 2.05) is 18.2 Å². The van der Waals surface area contributed by atoms with Gasteiger partial charge in [-0.15, -0.1) is 11.3 Å². The number of rotatable bonds is 4. The van der Waals surface area contributed by atoms with Crippen molar-refractivity contribution < 1.29 is 9.59 Å². The molecule has 4 heterocycles. The summed E-state index contributed by atoms with van der Waals surface area (Å²) >= 11 is 1.45. The topological polar surface area (TPSA) is 63.4 Å². The molecule has 0 aliphatic carbocycles. The summed E-state index contributed by atoms with van der Waals surface area (Å²) in [6.07, 6.45) is 3.25. The second-order valence-corrected chi connectivity index (χ2v) is 7.80. The highest BCUT2D eigenvalue weighted by molar-refractivity contribution is 7.17. The van der Waals surface area contributed by atoms with Crippen LogP contribution in [0.25, 0.3) is 10.4 Å². The molecule has 5 heteroatoms. The Hall–Kier alpha value is -1.98. The third-order valence-electron chi connectivity index (χ3n) is 5.35. The van der Waals surface area contributed by atoms with Gasteiger partial charge in [0.2, 0.25) is 0 Å². The van der Waals surface area contributed by atoms with E-state index in [-0.39, 0.29) is 5.91 Å². The van der Waals surface area contributed by atoms with Crippen LogP contribution in [0.2, 0.25) is 0 Å². The van der Waals surface area contributed by atoms with E-state index in [0.29, 0.717) is 22.3 Å². The SMILES string of the molecule is NC(=O)c1sc(-c2cccc(C=O)c2)cc1C1CN2CCC1CC2. The molecule has 2 bridgehead atoms. The number of carbonyl (C=O) groups excluding carboxylic acids is 2. The van der Waals surface area contributed by atoms with E-state index >= 15 is 0 Å². The Morgan fingerprint density at radius 2 is 2.04 bits per heavy atom. The Kier molecular flexibility index (Phi) is 3.98. The summed E-state index contributed by atoms with van der Waals surface area (Å²) in [7, 11) is 0. The first-order chi connectivity index (χ1) is 11.7. The Labute approximate surface area is 145 Å². The molecule has 3 fully saturated rings. The normalized spacial score (nSPS) is 25.6. The van der Waals surface area contributed by atoms with E-state index < -0.39 is 0 Å². The molecule has 2 aromatic rings. The van der Waals surface area contributed by atoms with Crippen molar-refractivity contribution in [2.45, 2.75) is 18.8 Å². The smallest absolute Gasteiger partial charge is 0.259 e. The highest BCUT2D eigenvalue weighted by Gasteiger charge is 2.37. The largest absolute Gasteiger partial charge is 0.365 e. The molecule has 24 heavy (non-hydrogen) atoms. The summed E-state index contributed by atoms with van der Waals surface area (Å²) in [6, 6.07) is 9.62. The summed E-state index contributed by atoms with van der Waals surface area (Å²) in [5.74, 6) is 0.704. The molecule has 2 N–H and O–H groups in total. The third kappa shape index (κ3) is 2.68. The van der Waals surface area contributed by atoms with Crippen LogP contribution in [0, 0.1) is 5.92 Å². The predicted molar refractivity (Wildman–Crippen MR) is 95.6 cm³/mol. The molecule has 1 aromatic heterocycles. The second-order valence-electron chi connectivity index (χ2n) is 6.75. The Morgan fingerprint density at radius 3 is 2.67 bits per heavy atom. The fourth-order valence-electron chi connectivity index (χ4n) is 4.10. The number of amides is 1. The summed E-state index contributed by atoms with van der Waals surface area (Å²) in [5, 5.41) is 0. The van der Waals surface area contributed by atoms with E-state index in [4.69, 9.17) is 5.73 Å². The lowest BCUT2D eigenvalue weighted by molar-refractivity contribution is 0.0859. The van der Waals surface area contributed by atoms with Gasteiger partial charge < -0.3 is 10.6 Å². The third-order valence-corrected chi connectivity index (χ3v) is 6.56. The monoisotopic (exact) mass is 340 g/mol. The van der Waals surface area contributed by atoms with Gasteiger partial charge in [0.25, 0.3) is 5.91 Å². The molecular weight excluding hydrogens is 320 g/mol. The molecule has 1 amide bonds.